The maximum atomic E-state index is 12.8. The SMILES string of the molecule is CC(Cc1ccc(F)cc1)NCc1cc(Cl)cs1. The second-order valence-corrected chi connectivity index (χ2v) is 5.78. The number of rotatable bonds is 5. The van der Waals surface area contributed by atoms with Crippen LogP contribution in [-0.2, 0) is 13.0 Å². The molecule has 18 heavy (non-hydrogen) atoms. The van der Waals surface area contributed by atoms with Gasteiger partial charge < -0.3 is 5.32 Å². The minimum Gasteiger partial charge on any atom is -0.309 e. The number of benzene rings is 1. The monoisotopic (exact) mass is 283 g/mol. The smallest absolute Gasteiger partial charge is 0.123 e. The highest BCUT2D eigenvalue weighted by molar-refractivity contribution is 7.10. The summed E-state index contributed by atoms with van der Waals surface area (Å²) in [5, 5.41) is 6.16. The minimum absolute atomic E-state index is 0.187. The van der Waals surface area contributed by atoms with Crippen LogP contribution in [-0.4, -0.2) is 6.04 Å². The highest BCUT2D eigenvalue weighted by atomic mass is 35.5. The molecule has 0 aliphatic carbocycles. The van der Waals surface area contributed by atoms with Crippen molar-refractivity contribution in [3.8, 4) is 0 Å². The summed E-state index contributed by atoms with van der Waals surface area (Å²) in [5.74, 6) is -0.187. The lowest BCUT2D eigenvalue weighted by Crippen LogP contribution is -2.27. The summed E-state index contributed by atoms with van der Waals surface area (Å²) < 4.78 is 12.8. The van der Waals surface area contributed by atoms with Crippen molar-refractivity contribution in [3.63, 3.8) is 0 Å². The van der Waals surface area contributed by atoms with Crippen molar-refractivity contribution in [1.29, 1.82) is 0 Å². The molecule has 1 heterocycles. The fraction of sp³-hybridized carbons (Fsp3) is 0.286. The first-order chi connectivity index (χ1) is 8.63. The van der Waals surface area contributed by atoms with Crippen molar-refractivity contribution < 1.29 is 4.39 Å². The molecule has 4 heteroatoms. The highest BCUT2D eigenvalue weighted by Crippen LogP contribution is 2.19. The van der Waals surface area contributed by atoms with Gasteiger partial charge in [-0.1, -0.05) is 23.7 Å². The molecular weight excluding hydrogens is 269 g/mol. The van der Waals surface area contributed by atoms with Crippen molar-refractivity contribution in [2.45, 2.75) is 25.9 Å². The molecule has 0 bridgehead atoms. The van der Waals surface area contributed by atoms with Crippen LogP contribution < -0.4 is 5.32 Å². The molecule has 2 aromatic rings. The van der Waals surface area contributed by atoms with Crippen molar-refractivity contribution in [2.75, 3.05) is 0 Å². The van der Waals surface area contributed by atoms with Gasteiger partial charge in [-0.15, -0.1) is 11.3 Å². The van der Waals surface area contributed by atoms with Gasteiger partial charge in [0.1, 0.15) is 5.82 Å². The summed E-state index contributed by atoms with van der Waals surface area (Å²) in [5.41, 5.74) is 1.14. The predicted molar refractivity (Wildman–Crippen MR) is 75.7 cm³/mol. The molecule has 0 amide bonds. The van der Waals surface area contributed by atoms with E-state index in [0.717, 1.165) is 23.6 Å². The topological polar surface area (TPSA) is 12.0 Å². The standard InChI is InChI=1S/C14H15ClFNS/c1-10(6-11-2-4-13(16)5-3-11)17-8-14-7-12(15)9-18-14/h2-5,7,9-10,17H,6,8H2,1H3. The van der Waals surface area contributed by atoms with Crippen molar-refractivity contribution >= 4 is 22.9 Å². The molecule has 1 aromatic carbocycles. The molecule has 2 rings (SSSR count). The molecule has 0 aliphatic rings. The second-order valence-electron chi connectivity index (χ2n) is 4.34. The second kappa shape index (κ2) is 6.32. The van der Waals surface area contributed by atoms with Crippen molar-refractivity contribution in [1.82, 2.24) is 5.32 Å². The molecule has 0 saturated carbocycles. The Kier molecular flexibility index (Phi) is 4.75. The molecule has 1 N–H and O–H groups in total. The molecule has 1 aromatic heterocycles. The van der Waals surface area contributed by atoms with Gasteiger partial charge in [-0.2, -0.15) is 0 Å². The van der Waals surface area contributed by atoms with Gasteiger partial charge in [0.15, 0.2) is 0 Å². The van der Waals surface area contributed by atoms with Crippen LogP contribution in [0.5, 0.6) is 0 Å². The Labute approximate surface area is 116 Å². The van der Waals surface area contributed by atoms with Crippen LogP contribution in [0.25, 0.3) is 0 Å². The summed E-state index contributed by atoms with van der Waals surface area (Å²) in [6, 6.07) is 8.98. The van der Waals surface area contributed by atoms with Crippen LogP contribution in [0.1, 0.15) is 17.4 Å². The third kappa shape index (κ3) is 4.09. The van der Waals surface area contributed by atoms with Gasteiger partial charge in [0.2, 0.25) is 0 Å². The Morgan fingerprint density at radius 3 is 2.67 bits per heavy atom. The molecule has 0 radical (unpaired) electrons. The van der Waals surface area contributed by atoms with Gasteiger partial charge in [-0.25, -0.2) is 4.39 Å². The fourth-order valence-electron chi connectivity index (χ4n) is 1.77. The van der Waals surface area contributed by atoms with Crippen LogP contribution in [0.3, 0.4) is 0 Å². The molecule has 0 saturated heterocycles. The van der Waals surface area contributed by atoms with Gasteiger partial charge in [-0.3, -0.25) is 0 Å². The summed E-state index contributed by atoms with van der Waals surface area (Å²) in [4.78, 5) is 1.23. The zero-order chi connectivity index (χ0) is 13.0. The first-order valence-corrected chi connectivity index (χ1v) is 7.10. The van der Waals surface area contributed by atoms with E-state index in [0.29, 0.717) is 6.04 Å². The molecule has 1 unspecified atom stereocenters. The quantitative estimate of drug-likeness (QED) is 0.864. The van der Waals surface area contributed by atoms with Crippen LogP contribution in [0.2, 0.25) is 5.02 Å². The number of hydrogen-bond acceptors (Lipinski definition) is 2. The molecule has 0 spiro atoms. The lowest BCUT2D eigenvalue weighted by Gasteiger charge is -2.13. The van der Waals surface area contributed by atoms with E-state index in [1.165, 1.54) is 17.0 Å². The van der Waals surface area contributed by atoms with E-state index in [9.17, 15) is 4.39 Å². The lowest BCUT2D eigenvalue weighted by molar-refractivity contribution is 0.548. The minimum atomic E-state index is -0.187. The molecule has 1 nitrogen and oxygen atoms in total. The van der Waals surface area contributed by atoms with E-state index < -0.39 is 0 Å². The van der Waals surface area contributed by atoms with E-state index in [4.69, 9.17) is 11.6 Å². The molecule has 96 valence electrons. The first-order valence-electron chi connectivity index (χ1n) is 5.84. The Hall–Kier alpha value is -0.900. The summed E-state index contributed by atoms with van der Waals surface area (Å²) in [7, 11) is 0. The van der Waals surface area contributed by atoms with Gasteiger partial charge in [0, 0.05) is 22.8 Å². The van der Waals surface area contributed by atoms with Gasteiger partial charge >= 0.3 is 0 Å². The molecule has 0 fully saturated rings. The maximum Gasteiger partial charge on any atom is 0.123 e. The van der Waals surface area contributed by atoms with Crippen LogP contribution in [0.15, 0.2) is 35.7 Å². The molecule has 0 aliphatic heterocycles. The Bertz CT molecular complexity index is 495. The first kappa shape index (κ1) is 13.5. The summed E-state index contributed by atoms with van der Waals surface area (Å²) in [6.45, 7) is 2.94. The largest absolute Gasteiger partial charge is 0.309 e. The zero-order valence-electron chi connectivity index (χ0n) is 10.1. The van der Waals surface area contributed by atoms with E-state index in [-0.39, 0.29) is 5.82 Å². The average Bonchev–Trinajstić information content (AvgIpc) is 2.76. The van der Waals surface area contributed by atoms with Gasteiger partial charge in [0.25, 0.3) is 0 Å². The molecule has 1 atom stereocenters. The third-order valence-electron chi connectivity index (χ3n) is 2.70. The number of halogens is 2. The van der Waals surface area contributed by atoms with E-state index in [1.54, 1.807) is 11.3 Å². The van der Waals surface area contributed by atoms with Crippen LogP contribution in [0, 0.1) is 5.82 Å². The predicted octanol–water partition coefficient (Wildman–Crippen LogP) is 4.26. The Morgan fingerprint density at radius 2 is 2.06 bits per heavy atom. The van der Waals surface area contributed by atoms with Crippen LogP contribution in [0.4, 0.5) is 4.39 Å². The maximum absolute atomic E-state index is 12.8. The Morgan fingerprint density at radius 1 is 1.33 bits per heavy atom. The number of hydrogen-bond donors (Lipinski definition) is 1. The summed E-state index contributed by atoms with van der Waals surface area (Å²) >= 11 is 7.52. The van der Waals surface area contributed by atoms with Crippen molar-refractivity contribution in [3.05, 3.63) is 57.0 Å². The normalized spacial score (nSPS) is 12.6. The van der Waals surface area contributed by atoms with Gasteiger partial charge in [0.05, 0.1) is 5.02 Å². The van der Waals surface area contributed by atoms with Crippen LogP contribution >= 0.6 is 22.9 Å². The van der Waals surface area contributed by atoms with E-state index >= 15 is 0 Å². The highest BCUT2D eigenvalue weighted by Gasteiger charge is 2.04. The lowest BCUT2D eigenvalue weighted by atomic mass is 10.1. The Balaban J connectivity index is 1.81. The number of thiophene rings is 1. The average molecular weight is 284 g/mol. The third-order valence-corrected chi connectivity index (χ3v) is 3.99. The van der Waals surface area contributed by atoms with E-state index in [2.05, 4.69) is 12.2 Å². The summed E-state index contributed by atoms with van der Waals surface area (Å²) in [6.07, 6.45) is 0.888. The zero-order valence-corrected chi connectivity index (χ0v) is 11.7. The van der Waals surface area contributed by atoms with E-state index in [1.807, 2.05) is 23.6 Å². The fourth-order valence-corrected chi connectivity index (χ4v) is 2.79. The van der Waals surface area contributed by atoms with Crippen molar-refractivity contribution in [2.24, 2.45) is 0 Å². The number of nitrogens with one attached hydrogen (secondary N) is 1. The van der Waals surface area contributed by atoms with Gasteiger partial charge in [-0.05, 0) is 37.1 Å². The molecular formula is C14H15ClFNS.